The van der Waals surface area contributed by atoms with E-state index >= 15 is 0 Å². The Bertz CT molecular complexity index is 6570. The summed E-state index contributed by atoms with van der Waals surface area (Å²) in [5.41, 5.74) is 12.8. The molecule has 1 heterocycles. The number of hydrogen-bond donors (Lipinski definition) is 4. The second-order valence-corrected chi connectivity index (χ2v) is 38.1. The molecule has 608 valence electrons. The quantitative estimate of drug-likeness (QED) is 0.0436. The highest BCUT2D eigenvalue weighted by molar-refractivity contribution is 7.91. The van der Waals surface area contributed by atoms with Gasteiger partial charge >= 0.3 is 23.9 Å². The maximum absolute atomic E-state index is 13.8. The second-order valence-electron chi connectivity index (χ2n) is 30.3. The lowest BCUT2D eigenvalue weighted by molar-refractivity contribution is 0.0685. The minimum absolute atomic E-state index is 0.00227. The summed E-state index contributed by atoms with van der Waals surface area (Å²) in [6.07, 6.45) is 15.1. The van der Waals surface area contributed by atoms with E-state index in [1.807, 2.05) is 67.6 Å². The summed E-state index contributed by atoms with van der Waals surface area (Å²) in [4.78, 5) is 50.0. The van der Waals surface area contributed by atoms with Crippen molar-refractivity contribution in [3.05, 3.63) is 343 Å². The lowest BCUT2D eigenvalue weighted by Crippen LogP contribution is -2.11. The molecule has 11 aromatic rings. The van der Waals surface area contributed by atoms with Crippen molar-refractivity contribution >= 4 is 68.8 Å². The highest BCUT2D eigenvalue weighted by Crippen LogP contribution is 2.48. The lowest BCUT2D eigenvalue weighted by Gasteiger charge is -2.15. The number of nitriles is 4. The molecule has 121 heavy (non-hydrogen) atoms. The first-order valence-corrected chi connectivity index (χ1v) is 45.1. The first-order valence-electron chi connectivity index (χ1n) is 38.4. The summed E-state index contributed by atoms with van der Waals surface area (Å²) in [5.74, 6) is -5.96. The molecule has 5 aliphatic carbocycles. The van der Waals surface area contributed by atoms with Crippen LogP contribution in [0, 0.1) is 51.1 Å². The van der Waals surface area contributed by atoms with Crippen molar-refractivity contribution < 1.29 is 77.7 Å². The lowest BCUT2D eigenvalue weighted by atomic mass is 9.97. The summed E-state index contributed by atoms with van der Waals surface area (Å²) in [7, 11) is -15.4. The average Bonchev–Trinajstić information content (AvgIpc) is 1.76. The van der Waals surface area contributed by atoms with Gasteiger partial charge in [-0.1, -0.05) is 115 Å². The molecule has 21 nitrogen and oxygen atoms in total. The number of hydrogen-bond acceptors (Lipinski definition) is 17. The van der Waals surface area contributed by atoms with E-state index in [2.05, 4.69) is 17.1 Å². The van der Waals surface area contributed by atoms with Crippen LogP contribution in [0.3, 0.4) is 0 Å². The Hall–Kier alpha value is -13.6. The molecule has 0 bridgehead atoms. The number of pyridine rings is 1. The maximum atomic E-state index is 13.8. The van der Waals surface area contributed by atoms with Gasteiger partial charge in [0, 0.05) is 18.0 Å². The number of carboxylic acid groups (broad SMARTS) is 4. The maximum Gasteiger partial charge on any atom is 0.335 e. The topological polar surface area (TPSA) is 394 Å². The summed E-state index contributed by atoms with van der Waals surface area (Å²) < 4.78 is 121. The molecule has 0 amide bonds. The molecule has 4 saturated carbocycles. The van der Waals surface area contributed by atoms with E-state index < -0.39 is 74.8 Å². The number of sulfone groups is 4. The van der Waals surface area contributed by atoms with Crippen LogP contribution in [0.2, 0.25) is 0 Å². The molecule has 0 atom stereocenters. The predicted octanol–water partition coefficient (Wildman–Crippen LogP) is 18.7. The van der Waals surface area contributed by atoms with Crippen LogP contribution in [0.25, 0.3) is 39.0 Å². The Labute approximate surface area is 699 Å². The Kier molecular flexibility index (Phi) is 25.3. The van der Waals surface area contributed by atoms with Gasteiger partial charge < -0.3 is 20.4 Å². The van der Waals surface area contributed by atoms with Crippen LogP contribution in [0.5, 0.6) is 0 Å². The smallest absolute Gasteiger partial charge is 0.335 e. The fourth-order valence-electron chi connectivity index (χ4n) is 14.7. The zero-order chi connectivity index (χ0) is 86.2. The molecule has 1 aromatic heterocycles. The summed E-state index contributed by atoms with van der Waals surface area (Å²) in [6.45, 7) is 2.02. The molecule has 4 N–H and O–H groups in total. The average molecular weight is 1690 g/mol. The van der Waals surface area contributed by atoms with Gasteiger partial charge in [-0.2, -0.15) is 21.0 Å². The molecule has 0 aliphatic heterocycles. The molecule has 0 unspecified atom stereocenters. The van der Waals surface area contributed by atoms with Crippen molar-refractivity contribution in [1.29, 1.82) is 21.0 Å². The first kappa shape index (κ1) is 85.3. The summed E-state index contributed by atoms with van der Waals surface area (Å²) in [6, 6.07) is 63.9. The van der Waals surface area contributed by atoms with E-state index in [4.69, 9.17) is 0 Å². The van der Waals surface area contributed by atoms with Crippen molar-refractivity contribution in [3.8, 4) is 57.7 Å². The van der Waals surface area contributed by atoms with E-state index in [1.165, 1.54) is 78.4 Å². The number of halogens is 1. The van der Waals surface area contributed by atoms with Gasteiger partial charge in [-0.05, 0) is 287 Å². The van der Waals surface area contributed by atoms with Crippen molar-refractivity contribution in [1.82, 2.24) is 4.98 Å². The van der Waals surface area contributed by atoms with E-state index in [0.29, 0.717) is 77.9 Å². The standard InChI is InChI=1S/C24H18FNO4S.C24H21NO4S.C24H19NO4S.C23H18N2O4S/c25-20-3-1-2-17(11-20)21-8-4-15(13-26)10-19(21)14-31(29,30)23-12-18(24(27)28)7-9-22(23)16-5-6-16;1-15-2-4-18(10-15)21-8-3-16(13-25)11-20(21)14-30(28,29)23-12-19(24(26)27)7-9-22(23)17-5-6-17;25-14-16-6-10-21(17-4-2-1-3-5-17)20(12-16)15-30(28,29)23-13-19(24(26)27)9-11-22(23)18-7-8-18;24-12-15-3-7-20(18-2-1-9-25-13-18)19(10-15)14-30(28,29)22-11-17(23(26)27)6-8-21(22)16-4-5-16/h1-4,7-12,16H,5-6,14H2,(H,27,28);2-4,7-9,11-12,17H,5-6,10,14H2,1H3,(H,26,27);1-6,9-13,18H,7-8,15H2,(H,26,27);1-3,6-11,13,16H,4-5,14H2,(H,26,27). The third kappa shape index (κ3) is 20.6. The van der Waals surface area contributed by atoms with Gasteiger partial charge in [-0.25, -0.2) is 57.2 Å². The molecule has 10 aromatic carbocycles. The number of carboxylic acids is 4. The molecule has 16 rings (SSSR count). The van der Waals surface area contributed by atoms with Crippen molar-refractivity contribution in [3.63, 3.8) is 0 Å². The number of carbonyl (C=O) groups is 4. The largest absolute Gasteiger partial charge is 0.478 e. The fraction of sp³-hybridized carbons (Fsp3) is 0.189. The van der Waals surface area contributed by atoms with Gasteiger partial charge in [0.05, 0.1) is 111 Å². The van der Waals surface area contributed by atoms with Crippen molar-refractivity contribution in [2.24, 2.45) is 0 Å². The van der Waals surface area contributed by atoms with Crippen LogP contribution < -0.4 is 0 Å². The highest BCUT2D eigenvalue weighted by atomic mass is 32.2. The van der Waals surface area contributed by atoms with Gasteiger partial charge in [0.1, 0.15) is 5.82 Å². The van der Waals surface area contributed by atoms with E-state index in [-0.39, 0.29) is 88.3 Å². The van der Waals surface area contributed by atoms with E-state index in [1.54, 1.807) is 116 Å². The minimum Gasteiger partial charge on any atom is -0.478 e. The number of aromatic carboxylic acids is 4. The monoisotopic (exact) mass is 1690 g/mol. The Balaban J connectivity index is 0.000000139. The first-order chi connectivity index (χ1) is 57.8. The molecule has 4 fully saturated rings. The van der Waals surface area contributed by atoms with Crippen LogP contribution in [0.15, 0.2) is 262 Å². The minimum atomic E-state index is -3.94. The molecule has 0 saturated heterocycles. The highest BCUT2D eigenvalue weighted by Gasteiger charge is 2.37. The number of aromatic nitrogens is 1. The van der Waals surface area contributed by atoms with Crippen LogP contribution >= 0.6 is 0 Å². The molecule has 26 heteroatoms. The van der Waals surface area contributed by atoms with Crippen LogP contribution in [0.1, 0.15) is 202 Å². The van der Waals surface area contributed by atoms with Crippen LogP contribution in [-0.4, -0.2) is 83.0 Å². The van der Waals surface area contributed by atoms with Crippen molar-refractivity contribution in [2.75, 3.05) is 0 Å². The third-order valence-corrected chi connectivity index (χ3v) is 28.2. The Morgan fingerprint density at radius 1 is 0.364 bits per heavy atom. The van der Waals surface area contributed by atoms with Gasteiger partial charge in [0.25, 0.3) is 0 Å². The molecular formula is C95H76FN5O16S4. The number of rotatable bonds is 24. The number of allylic oxidation sites excluding steroid dienone is 4. The van der Waals surface area contributed by atoms with E-state index in [0.717, 1.165) is 85.6 Å². The van der Waals surface area contributed by atoms with Crippen molar-refractivity contribution in [2.45, 2.75) is 131 Å². The number of benzene rings is 10. The zero-order valence-electron chi connectivity index (χ0n) is 65.0. The molecule has 5 aliphatic rings. The Morgan fingerprint density at radius 2 is 0.678 bits per heavy atom. The summed E-state index contributed by atoms with van der Waals surface area (Å²) in [5, 5.41) is 74.5. The number of nitrogens with zero attached hydrogens (tertiary/aromatic N) is 5. The molecular weight excluding hydrogens is 1610 g/mol. The molecule has 0 spiro atoms. The van der Waals surface area contributed by atoms with Gasteiger partial charge in [0.2, 0.25) is 0 Å². The van der Waals surface area contributed by atoms with Gasteiger partial charge in [-0.3, -0.25) is 4.98 Å². The van der Waals surface area contributed by atoms with Gasteiger partial charge in [0.15, 0.2) is 39.3 Å². The third-order valence-electron chi connectivity index (χ3n) is 21.3. The predicted molar refractivity (Wildman–Crippen MR) is 450 cm³/mol. The summed E-state index contributed by atoms with van der Waals surface area (Å²) >= 11 is 0. The Morgan fingerprint density at radius 3 is 0.975 bits per heavy atom. The van der Waals surface area contributed by atoms with Crippen LogP contribution in [0.4, 0.5) is 4.39 Å². The SMILES string of the molecule is CC1=CC=C(c2ccc(C#N)cc2CS(=O)(=O)c2cc(C(=O)O)ccc2C2CC2)C1.N#Cc1ccc(-c2cccc(F)c2)c(CS(=O)(=O)c2cc(C(=O)O)ccc2C2CC2)c1.N#Cc1ccc(-c2ccccc2)c(CS(=O)(=O)c2cc(C(=O)O)ccc2C2CC2)c1.N#Cc1ccc(-c2cccnc2)c(CS(=O)(=O)c2cc(C(=O)O)ccc2C2CC2)c1. The normalized spacial score (nSPS) is 14.2. The zero-order valence-corrected chi connectivity index (χ0v) is 68.2. The van der Waals surface area contributed by atoms with E-state index in [9.17, 15) is 98.7 Å². The fourth-order valence-corrected chi connectivity index (χ4v) is 21.6. The molecule has 0 radical (unpaired) electrons. The van der Waals surface area contributed by atoms with Crippen LogP contribution in [-0.2, 0) is 62.4 Å². The van der Waals surface area contributed by atoms with Gasteiger partial charge in [-0.15, -0.1) is 0 Å². The second kappa shape index (κ2) is 35.9.